The van der Waals surface area contributed by atoms with Crippen LogP contribution in [0.4, 0.5) is 0 Å². The van der Waals surface area contributed by atoms with Gasteiger partial charge in [0.15, 0.2) is 0 Å². The van der Waals surface area contributed by atoms with E-state index >= 15 is 0 Å². The van der Waals surface area contributed by atoms with Gasteiger partial charge in [0.1, 0.15) is 18.2 Å². The quantitative estimate of drug-likeness (QED) is 0.0857. The van der Waals surface area contributed by atoms with E-state index in [9.17, 15) is 4.79 Å². The number of nitrogens with zero attached hydrogens (tertiary/aromatic N) is 1. The first-order valence-corrected chi connectivity index (χ1v) is 14.1. The smallest absolute Gasteiger partial charge is 0.317 e. The normalized spacial score (nSPS) is 12.3. The molecule has 2 aromatic rings. The lowest BCUT2D eigenvalue weighted by molar-refractivity contribution is -0.905. The van der Waals surface area contributed by atoms with Gasteiger partial charge in [-0.2, -0.15) is 0 Å². The molecule has 0 spiro atoms. The van der Waals surface area contributed by atoms with E-state index in [-0.39, 0.29) is 18.7 Å². The standard InChI is InChI=1S/C32H50NO3/c1-5-6-7-8-9-10-11-12-13-17-22-30-23-18-19-24-31(30)35-27-36-32(34)28(2)25-33(3,4)26-29-20-15-14-16-21-29/h14-16,18-21,23-24,28H,5-13,17,22,25-27H2,1-4H3/q+1. The molecular weight excluding hydrogens is 446 g/mol. The van der Waals surface area contributed by atoms with E-state index < -0.39 is 0 Å². The molecule has 2 rings (SSSR count). The van der Waals surface area contributed by atoms with Crippen LogP contribution in [0.3, 0.4) is 0 Å². The molecule has 4 nitrogen and oxygen atoms in total. The van der Waals surface area contributed by atoms with Gasteiger partial charge in [0.2, 0.25) is 6.79 Å². The first-order chi connectivity index (χ1) is 17.4. The minimum Gasteiger partial charge on any atom is -0.457 e. The summed E-state index contributed by atoms with van der Waals surface area (Å²) in [5.41, 5.74) is 2.47. The van der Waals surface area contributed by atoms with Crippen LogP contribution in [0.1, 0.15) is 89.2 Å². The lowest BCUT2D eigenvalue weighted by atomic mass is 10.0. The van der Waals surface area contributed by atoms with Gasteiger partial charge in [-0.15, -0.1) is 0 Å². The summed E-state index contributed by atoms with van der Waals surface area (Å²) < 4.78 is 12.1. The van der Waals surface area contributed by atoms with Crippen LogP contribution in [0.25, 0.3) is 0 Å². The highest BCUT2D eigenvalue weighted by molar-refractivity contribution is 5.72. The number of para-hydroxylation sites is 1. The van der Waals surface area contributed by atoms with Gasteiger partial charge in [0.05, 0.1) is 20.6 Å². The predicted octanol–water partition coefficient (Wildman–Crippen LogP) is 7.94. The molecule has 0 heterocycles. The number of carbonyl (C=O) groups excluding carboxylic acids is 1. The van der Waals surface area contributed by atoms with Crippen LogP contribution < -0.4 is 4.74 Å². The first kappa shape index (κ1) is 29.9. The second kappa shape index (κ2) is 17.2. The molecule has 0 saturated carbocycles. The van der Waals surface area contributed by atoms with Crippen LogP contribution in [0.5, 0.6) is 5.75 Å². The van der Waals surface area contributed by atoms with Gasteiger partial charge in [-0.3, -0.25) is 4.79 Å². The third-order valence-electron chi connectivity index (χ3n) is 6.81. The average molecular weight is 497 g/mol. The second-order valence-electron chi connectivity index (χ2n) is 10.9. The van der Waals surface area contributed by atoms with E-state index in [1.165, 1.54) is 75.3 Å². The molecule has 0 fully saturated rings. The van der Waals surface area contributed by atoms with Crippen LogP contribution in [-0.2, 0) is 22.5 Å². The van der Waals surface area contributed by atoms with Gasteiger partial charge >= 0.3 is 5.97 Å². The highest BCUT2D eigenvalue weighted by Crippen LogP contribution is 2.21. The topological polar surface area (TPSA) is 35.5 Å². The van der Waals surface area contributed by atoms with Crippen LogP contribution in [0, 0.1) is 5.92 Å². The predicted molar refractivity (Wildman–Crippen MR) is 150 cm³/mol. The van der Waals surface area contributed by atoms with Gasteiger partial charge < -0.3 is 14.0 Å². The second-order valence-corrected chi connectivity index (χ2v) is 10.9. The first-order valence-electron chi connectivity index (χ1n) is 14.1. The summed E-state index contributed by atoms with van der Waals surface area (Å²) in [6.45, 7) is 5.76. The molecule has 0 radical (unpaired) electrons. The van der Waals surface area contributed by atoms with Crippen LogP contribution in [0.2, 0.25) is 0 Å². The maximum absolute atomic E-state index is 12.6. The van der Waals surface area contributed by atoms with Crippen LogP contribution >= 0.6 is 0 Å². The van der Waals surface area contributed by atoms with Crippen molar-refractivity contribution < 1.29 is 18.8 Å². The van der Waals surface area contributed by atoms with E-state index in [2.05, 4.69) is 57.4 Å². The third-order valence-corrected chi connectivity index (χ3v) is 6.81. The van der Waals surface area contributed by atoms with E-state index in [1.54, 1.807) is 0 Å². The number of hydrogen-bond acceptors (Lipinski definition) is 3. The zero-order chi connectivity index (χ0) is 26.1. The molecular formula is C32H50NO3+. The highest BCUT2D eigenvalue weighted by atomic mass is 16.7. The van der Waals surface area contributed by atoms with Crippen LogP contribution in [-0.4, -0.2) is 37.9 Å². The molecule has 0 aliphatic rings. The molecule has 0 amide bonds. The van der Waals surface area contributed by atoms with E-state index in [1.807, 2.05) is 25.1 Å². The third kappa shape index (κ3) is 12.6. The molecule has 0 aliphatic heterocycles. The molecule has 0 N–H and O–H groups in total. The summed E-state index contributed by atoms with van der Waals surface area (Å²) >= 11 is 0. The van der Waals surface area contributed by atoms with Crippen molar-refractivity contribution in [1.29, 1.82) is 0 Å². The fraction of sp³-hybridized carbons (Fsp3) is 0.594. The fourth-order valence-corrected chi connectivity index (χ4v) is 4.91. The molecule has 2 aromatic carbocycles. The lowest BCUT2D eigenvalue weighted by Crippen LogP contribution is -2.44. The summed E-state index contributed by atoms with van der Waals surface area (Å²) in [6, 6.07) is 18.5. The zero-order valence-electron chi connectivity index (χ0n) is 23.3. The Labute approximate surface area is 220 Å². The number of unbranched alkanes of at least 4 members (excludes halogenated alkanes) is 9. The van der Waals surface area contributed by atoms with Crippen molar-refractivity contribution in [2.45, 2.75) is 91.0 Å². The Morgan fingerprint density at radius 2 is 1.39 bits per heavy atom. The lowest BCUT2D eigenvalue weighted by Gasteiger charge is -2.31. The molecule has 1 unspecified atom stereocenters. The van der Waals surface area contributed by atoms with Crippen molar-refractivity contribution in [3.63, 3.8) is 0 Å². The summed E-state index contributed by atoms with van der Waals surface area (Å²) in [4.78, 5) is 12.6. The molecule has 0 saturated heterocycles. The Bertz CT molecular complexity index is 849. The number of ether oxygens (including phenoxy) is 2. The molecule has 0 aliphatic carbocycles. The van der Waals surface area contributed by atoms with Gasteiger partial charge in [-0.1, -0.05) is 113 Å². The van der Waals surface area contributed by atoms with Crippen molar-refractivity contribution in [1.82, 2.24) is 0 Å². The largest absolute Gasteiger partial charge is 0.457 e. The van der Waals surface area contributed by atoms with Crippen molar-refractivity contribution in [2.75, 3.05) is 27.4 Å². The van der Waals surface area contributed by atoms with Gasteiger partial charge in [0, 0.05) is 5.56 Å². The maximum atomic E-state index is 12.6. The SMILES string of the molecule is CCCCCCCCCCCCc1ccccc1OCOC(=O)C(C)C[N+](C)(C)Cc1ccccc1. The Hall–Kier alpha value is -2.33. The van der Waals surface area contributed by atoms with E-state index in [0.29, 0.717) is 6.54 Å². The summed E-state index contributed by atoms with van der Waals surface area (Å²) in [7, 11) is 4.30. The number of hydrogen-bond donors (Lipinski definition) is 0. The zero-order valence-corrected chi connectivity index (χ0v) is 23.3. The number of rotatable bonds is 19. The molecule has 0 aromatic heterocycles. The highest BCUT2D eigenvalue weighted by Gasteiger charge is 2.25. The Morgan fingerprint density at radius 3 is 2.06 bits per heavy atom. The number of benzene rings is 2. The van der Waals surface area contributed by atoms with Gasteiger partial charge in [-0.25, -0.2) is 0 Å². The summed E-state index contributed by atoms with van der Waals surface area (Å²) in [6.07, 6.45) is 14.3. The molecule has 200 valence electrons. The van der Waals surface area contributed by atoms with Crippen molar-refractivity contribution in [3.05, 3.63) is 65.7 Å². The Morgan fingerprint density at radius 1 is 0.806 bits per heavy atom. The summed E-state index contributed by atoms with van der Waals surface area (Å²) in [5, 5.41) is 0. The van der Waals surface area contributed by atoms with Crippen molar-refractivity contribution >= 4 is 5.97 Å². The fourth-order valence-electron chi connectivity index (χ4n) is 4.91. The number of esters is 1. The van der Waals surface area contributed by atoms with Crippen LogP contribution in [0.15, 0.2) is 54.6 Å². The number of quaternary nitrogens is 1. The number of carbonyl (C=O) groups is 1. The Balaban J connectivity index is 1.65. The maximum Gasteiger partial charge on any atom is 0.317 e. The minimum absolute atomic E-state index is 0.0374. The molecule has 0 bridgehead atoms. The molecule has 36 heavy (non-hydrogen) atoms. The average Bonchev–Trinajstić information content (AvgIpc) is 2.86. The molecule has 1 atom stereocenters. The van der Waals surface area contributed by atoms with Crippen molar-refractivity contribution in [3.8, 4) is 5.75 Å². The van der Waals surface area contributed by atoms with E-state index in [4.69, 9.17) is 9.47 Å². The molecule has 4 heteroatoms. The monoisotopic (exact) mass is 496 g/mol. The van der Waals surface area contributed by atoms with Crippen molar-refractivity contribution in [2.24, 2.45) is 5.92 Å². The summed E-state index contributed by atoms with van der Waals surface area (Å²) in [5.74, 6) is 0.421. The van der Waals surface area contributed by atoms with E-state index in [0.717, 1.165) is 23.2 Å². The van der Waals surface area contributed by atoms with Gasteiger partial charge in [0.25, 0.3) is 0 Å². The minimum atomic E-state index is -0.207. The number of aryl methyl sites for hydroxylation is 1. The Kier molecular flexibility index (Phi) is 14.3. The van der Waals surface area contributed by atoms with Gasteiger partial charge in [-0.05, 0) is 31.4 Å².